The van der Waals surface area contributed by atoms with E-state index in [4.69, 9.17) is 10.00 Å². The van der Waals surface area contributed by atoms with Crippen LogP contribution in [0.5, 0.6) is 0 Å². The van der Waals surface area contributed by atoms with Crippen LogP contribution in [0.15, 0.2) is 18.2 Å². The van der Waals surface area contributed by atoms with E-state index in [-0.39, 0.29) is 11.5 Å². The van der Waals surface area contributed by atoms with Gasteiger partial charge < -0.3 is 9.64 Å². The Hall–Kier alpha value is -1.93. The summed E-state index contributed by atoms with van der Waals surface area (Å²) in [4.78, 5) is 13.1. The van der Waals surface area contributed by atoms with Gasteiger partial charge in [-0.3, -0.25) is 4.79 Å². The molecule has 0 heterocycles. The van der Waals surface area contributed by atoms with Crippen molar-refractivity contribution < 1.29 is 13.9 Å². The molecule has 0 atom stereocenters. The molecule has 4 nitrogen and oxygen atoms in total. The molecule has 0 unspecified atom stereocenters. The Bertz CT molecular complexity index is 483. The zero-order chi connectivity index (χ0) is 14.3. The number of hydrogen-bond acceptors (Lipinski definition) is 4. The second-order valence-electron chi connectivity index (χ2n) is 4.22. The fourth-order valence-corrected chi connectivity index (χ4v) is 1.66. The average molecular weight is 264 g/mol. The maximum atomic E-state index is 13.1. The van der Waals surface area contributed by atoms with Crippen molar-refractivity contribution in [2.45, 2.75) is 19.9 Å². The zero-order valence-electron chi connectivity index (χ0n) is 11.1. The summed E-state index contributed by atoms with van der Waals surface area (Å²) in [6, 6.07) is 6.25. The van der Waals surface area contributed by atoms with E-state index in [0.717, 1.165) is 5.56 Å². The van der Waals surface area contributed by atoms with E-state index < -0.39 is 5.82 Å². The van der Waals surface area contributed by atoms with Gasteiger partial charge in [-0.2, -0.15) is 5.26 Å². The summed E-state index contributed by atoms with van der Waals surface area (Å²) in [5.41, 5.74) is 0.876. The van der Waals surface area contributed by atoms with E-state index in [9.17, 15) is 9.18 Å². The van der Waals surface area contributed by atoms with Gasteiger partial charge in [0, 0.05) is 13.1 Å². The molecule has 5 heteroatoms. The van der Waals surface area contributed by atoms with Crippen molar-refractivity contribution >= 4 is 5.97 Å². The van der Waals surface area contributed by atoms with Crippen LogP contribution in [0, 0.1) is 17.1 Å². The quantitative estimate of drug-likeness (QED) is 0.738. The molecule has 0 fully saturated rings. The minimum atomic E-state index is -0.513. The smallest absolute Gasteiger partial charge is 0.307 e. The van der Waals surface area contributed by atoms with Crippen LogP contribution in [0.25, 0.3) is 0 Å². The van der Waals surface area contributed by atoms with Gasteiger partial charge >= 0.3 is 5.97 Å². The lowest BCUT2D eigenvalue weighted by Crippen LogP contribution is -2.22. The van der Waals surface area contributed by atoms with Crippen LogP contribution in [0.2, 0.25) is 0 Å². The second-order valence-corrected chi connectivity index (χ2v) is 4.22. The topological polar surface area (TPSA) is 53.3 Å². The number of nitriles is 1. The summed E-state index contributed by atoms with van der Waals surface area (Å²) >= 11 is 0. The molecular formula is C14H17FN2O2. The van der Waals surface area contributed by atoms with Crippen molar-refractivity contribution in [2.75, 3.05) is 20.2 Å². The van der Waals surface area contributed by atoms with E-state index in [1.165, 1.54) is 12.1 Å². The number of carbonyl (C=O) groups excluding carboxylic acids is 1. The number of hydrogen-bond donors (Lipinski definition) is 0. The Morgan fingerprint density at radius 3 is 2.89 bits per heavy atom. The van der Waals surface area contributed by atoms with Gasteiger partial charge in [0.25, 0.3) is 0 Å². The second kappa shape index (κ2) is 7.49. The number of ether oxygens (including phenoxy) is 1. The Balaban J connectivity index is 2.51. The van der Waals surface area contributed by atoms with E-state index in [1.807, 2.05) is 18.0 Å². The van der Waals surface area contributed by atoms with Crippen molar-refractivity contribution in [3.05, 3.63) is 35.1 Å². The predicted molar refractivity (Wildman–Crippen MR) is 68.7 cm³/mol. The van der Waals surface area contributed by atoms with Crippen molar-refractivity contribution in [2.24, 2.45) is 0 Å². The summed E-state index contributed by atoms with van der Waals surface area (Å²) in [7, 11) is 1.86. The first-order valence-corrected chi connectivity index (χ1v) is 6.09. The number of esters is 1. The maximum absolute atomic E-state index is 13.1. The molecule has 1 aromatic rings. The highest BCUT2D eigenvalue weighted by Gasteiger charge is 2.07. The number of nitrogens with zero attached hydrogens (tertiary/aromatic N) is 2. The first-order chi connectivity index (χ1) is 9.06. The van der Waals surface area contributed by atoms with Gasteiger partial charge in [-0.25, -0.2) is 4.39 Å². The molecular weight excluding hydrogens is 247 g/mol. The first-order valence-electron chi connectivity index (χ1n) is 6.09. The third-order valence-corrected chi connectivity index (χ3v) is 2.61. The van der Waals surface area contributed by atoms with Crippen LogP contribution in [-0.4, -0.2) is 31.1 Å². The Kier molecular flexibility index (Phi) is 5.97. The van der Waals surface area contributed by atoms with Crippen LogP contribution >= 0.6 is 0 Å². The van der Waals surface area contributed by atoms with Gasteiger partial charge in [0.15, 0.2) is 0 Å². The normalized spacial score (nSPS) is 10.3. The molecule has 102 valence electrons. The summed E-state index contributed by atoms with van der Waals surface area (Å²) in [5.74, 6) is -0.744. The van der Waals surface area contributed by atoms with Gasteiger partial charge in [0.1, 0.15) is 11.9 Å². The molecule has 0 aliphatic rings. The van der Waals surface area contributed by atoms with Gasteiger partial charge in [-0.05, 0) is 31.7 Å². The number of halogens is 1. The van der Waals surface area contributed by atoms with Gasteiger partial charge in [-0.15, -0.1) is 0 Å². The molecule has 0 saturated heterocycles. The van der Waals surface area contributed by atoms with Crippen molar-refractivity contribution in [1.82, 2.24) is 4.90 Å². The molecule has 0 aliphatic heterocycles. The zero-order valence-corrected chi connectivity index (χ0v) is 11.1. The molecule has 0 N–H and O–H groups in total. The number of rotatable bonds is 6. The standard InChI is InChI=1S/C14H17FN2O2/c1-3-19-14(18)6-7-17(2)10-11-4-5-13(15)12(8-11)9-16/h4-5,8H,3,6-7,10H2,1-2H3. The number of carbonyl (C=O) groups is 1. The molecule has 0 saturated carbocycles. The first kappa shape index (κ1) is 15.1. The van der Waals surface area contributed by atoms with E-state index in [0.29, 0.717) is 26.1 Å². The summed E-state index contributed by atoms with van der Waals surface area (Å²) in [6.45, 7) is 3.25. The lowest BCUT2D eigenvalue weighted by molar-refractivity contribution is -0.143. The highest BCUT2D eigenvalue weighted by atomic mass is 19.1. The van der Waals surface area contributed by atoms with Gasteiger partial charge in [-0.1, -0.05) is 6.07 Å². The molecule has 1 rings (SSSR count). The van der Waals surface area contributed by atoms with Crippen molar-refractivity contribution in [3.63, 3.8) is 0 Å². The van der Waals surface area contributed by atoms with Crippen LogP contribution < -0.4 is 0 Å². The molecule has 19 heavy (non-hydrogen) atoms. The van der Waals surface area contributed by atoms with Gasteiger partial charge in [0.05, 0.1) is 18.6 Å². The summed E-state index contributed by atoms with van der Waals surface area (Å²) in [6.07, 6.45) is 0.316. The lowest BCUT2D eigenvalue weighted by Gasteiger charge is -2.16. The SMILES string of the molecule is CCOC(=O)CCN(C)Cc1ccc(F)c(C#N)c1. The van der Waals surface area contributed by atoms with Crippen LogP contribution in [-0.2, 0) is 16.1 Å². The predicted octanol–water partition coefficient (Wildman–Crippen LogP) is 2.08. The fourth-order valence-electron chi connectivity index (χ4n) is 1.66. The van der Waals surface area contributed by atoms with Crippen LogP contribution in [0.1, 0.15) is 24.5 Å². The van der Waals surface area contributed by atoms with Crippen LogP contribution in [0.3, 0.4) is 0 Å². The third-order valence-electron chi connectivity index (χ3n) is 2.61. The molecule has 0 spiro atoms. The average Bonchev–Trinajstić information content (AvgIpc) is 2.39. The van der Waals surface area contributed by atoms with Crippen LogP contribution in [0.4, 0.5) is 4.39 Å². The molecule has 0 radical (unpaired) electrons. The highest BCUT2D eigenvalue weighted by Crippen LogP contribution is 2.11. The Morgan fingerprint density at radius 1 is 1.53 bits per heavy atom. The Morgan fingerprint density at radius 2 is 2.26 bits per heavy atom. The lowest BCUT2D eigenvalue weighted by atomic mass is 10.1. The molecule has 0 bridgehead atoms. The third kappa shape index (κ3) is 5.06. The number of benzene rings is 1. The molecule has 0 aromatic heterocycles. The minimum absolute atomic E-state index is 0.0382. The summed E-state index contributed by atoms with van der Waals surface area (Å²) in [5, 5.41) is 8.75. The van der Waals surface area contributed by atoms with Crippen molar-refractivity contribution in [1.29, 1.82) is 5.26 Å². The molecule has 1 aromatic carbocycles. The largest absolute Gasteiger partial charge is 0.466 e. The highest BCUT2D eigenvalue weighted by molar-refractivity contribution is 5.69. The van der Waals surface area contributed by atoms with E-state index in [2.05, 4.69) is 0 Å². The molecule has 0 aliphatic carbocycles. The fraction of sp³-hybridized carbons (Fsp3) is 0.429. The van der Waals surface area contributed by atoms with Crippen molar-refractivity contribution in [3.8, 4) is 6.07 Å². The summed E-state index contributed by atoms with van der Waals surface area (Å²) < 4.78 is 18.0. The maximum Gasteiger partial charge on any atom is 0.307 e. The minimum Gasteiger partial charge on any atom is -0.466 e. The van der Waals surface area contributed by atoms with E-state index in [1.54, 1.807) is 13.0 Å². The van der Waals surface area contributed by atoms with E-state index >= 15 is 0 Å². The van der Waals surface area contributed by atoms with Gasteiger partial charge in [0.2, 0.25) is 0 Å². The molecule has 0 amide bonds. The Labute approximate surface area is 112 Å². The monoisotopic (exact) mass is 264 g/mol.